The number of ether oxygens (including phenoxy) is 1. The molecule has 152 valence electrons. The molecular weight excluding hydrogens is 352 g/mol. The second kappa shape index (κ2) is 9.78. The molecule has 28 heavy (non-hydrogen) atoms. The Hall–Kier alpha value is -2.27. The van der Waals surface area contributed by atoms with Crippen LogP contribution in [-0.4, -0.2) is 42.7 Å². The molecule has 0 saturated carbocycles. The first-order valence-corrected chi connectivity index (χ1v) is 10.4. The van der Waals surface area contributed by atoms with Gasteiger partial charge in [0.15, 0.2) is 0 Å². The Morgan fingerprint density at radius 3 is 2.68 bits per heavy atom. The van der Waals surface area contributed by atoms with Crippen molar-refractivity contribution in [1.82, 2.24) is 10.2 Å². The number of phenols is 1. The monoisotopic (exact) mass is 384 g/mol. The molecule has 1 saturated heterocycles. The highest BCUT2D eigenvalue weighted by Crippen LogP contribution is 2.32. The van der Waals surface area contributed by atoms with Gasteiger partial charge < -0.3 is 15.2 Å². The van der Waals surface area contributed by atoms with Crippen LogP contribution < -0.4 is 10.1 Å². The number of nitrogens with one attached hydrogen (secondary N) is 1. The maximum atomic E-state index is 12.3. The number of phenolic OH excluding ortho intramolecular Hbond substituents is 1. The van der Waals surface area contributed by atoms with Crippen LogP contribution in [0.4, 0.5) is 0 Å². The molecule has 1 aliphatic rings. The third-order valence-electron chi connectivity index (χ3n) is 5.74. The topological polar surface area (TPSA) is 61.8 Å². The molecule has 1 heterocycles. The van der Waals surface area contributed by atoms with E-state index in [9.17, 15) is 9.90 Å². The Labute approximate surface area is 167 Å². The van der Waals surface area contributed by atoms with Crippen molar-refractivity contribution in [3.63, 3.8) is 0 Å². The lowest BCUT2D eigenvalue weighted by Crippen LogP contribution is -2.40. The number of piperidine rings is 1. The molecule has 0 aliphatic carbocycles. The van der Waals surface area contributed by atoms with Crippen LogP contribution in [0, 0.1) is 5.92 Å². The highest BCUT2D eigenvalue weighted by molar-refractivity contribution is 5.89. The molecule has 5 heteroatoms. The van der Waals surface area contributed by atoms with Gasteiger partial charge in [0.05, 0.1) is 7.11 Å². The first kappa shape index (κ1) is 20.5. The van der Waals surface area contributed by atoms with Gasteiger partial charge in [0.25, 0.3) is 0 Å². The van der Waals surface area contributed by atoms with Crippen LogP contribution in [0.1, 0.15) is 44.6 Å². The molecule has 3 rings (SSSR count). The molecule has 0 radical (unpaired) electrons. The number of benzene rings is 2. The van der Waals surface area contributed by atoms with Crippen molar-refractivity contribution in [1.29, 1.82) is 0 Å². The van der Waals surface area contributed by atoms with E-state index in [-0.39, 0.29) is 11.8 Å². The standard InChI is InChI=1S/C23H32N2O3/c1-3-4-5-12-24-23(27)18-10-13-25(14-11-18)16-21-20-15-19(28-2)8-6-17(20)7-9-22(21)26/h6-9,15,18,26H,3-5,10-14,16H2,1-2H3,(H,24,27). The predicted octanol–water partition coefficient (Wildman–Crippen LogP) is 4.07. The summed E-state index contributed by atoms with van der Waals surface area (Å²) in [5.74, 6) is 1.42. The van der Waals surface area contributed by atoms with Crippen molar-refractivity contribution < 1.29 is 14.6 Å². The van der Waals surface area contributed by atoms with E-state index < -0.39 is 0 Å². The molecule has 1 aliphatic heterocycles. The van der Waals surface area contributed by atoms with E-state index in [4.69, 9.17) is 4.74 Å². The number of aromatic hydroxyl groups is 1. The first-order chi connectivity index (χ1) is 13.6. The number of methoxy groups -OCH3 is 1. The molecule has 2 aromatic carbocycles. The minimum Gasteiger partial charge on any atom is -0.508 e. The predicted molar refractivity (Wildman–Crippen MR) is 113 cm³/mol. The molecule has 2 aromatic rings. The fourth-order valence-corrected chi connectivity index (χ4v) is 3.95. The Balaban J connectivity index is 1.60. The molecule has 0 bridgehead atoms. The molecule has 5 nitrogen and oxygen atoms in total. The summed E-state index contributed by atoms with van der Waals surface area (Å²) in [4.78, 5) is 14.7. The van der Waals surface area contributed by atoms with Crippen molar-refractivity contribution in [2.75, 3.05) is 26.7 Å². The summed E-state index contributed by atoms with van der Waals surface area (Å²) in [5, 5.41) is 15.7. The average Bonchev–Trinajstić information content (AvgIpc) is 2.73. The molecule has 1 fully saturated rings. The van der Waals surface area contributed by atoms with E-state index in [1.807, 2.05) is 24.3 Å². The molecule has 0 atom stereocenters. The average molecular weight is 385 g/mol. The number of carbonyl (C=O) groups is 1. The number of likely N-dealkylation sites (tertiary alicyclic amines) is 1. The van der Waals surface area contributed by atoms with Crippen molar-refractivity contribution >= 4 is 16.7 Å². The van der Waals surface area contributed by atoms with Crippen LogP contribution in [0.15, 0.2) is 30.3 Å². The zero-order chi connectivity index (χ0) is 19.9. The van der Waals surface area contributed by atoms with Crippen molar-refractivity contribution in [3.05, 3.63) is 35.9 Å². The van der Waals surface area contributed by atoms with Crippen molar-refractivity contribution in [2.24, 2.45) is 5.92 Å². The summed E-state index contributed by atoms with van der Waals surface area (Å²) in [5.41, 5.74) is 0.930. The Kier molecular flexibility index (Phi) is 7.15. The summed E-state index contributed by atoms with van der Waals surface area (Å²) in [7, 11) is 1.65. The summed E-state index contributed by atoms with van der Waals surface area (Å²) < 4.78 is 5.36. The van der Waals surface area contributed by atoms with Gasteiger partial charge >= 0.3 is 0 Å². The Morgan fingerprint density at radius 1 is 1.21 bits per heavy atom. The van der Waals surface area contributed by atoms with Gasteiger partial charge in [-0.25, -0.2) is 0 Å². The summed E-state index contributed by atoms with van der Waals surface area (Å²) in [6.45, 7) is 5.38. The van der Waals surface area contributed by atoms with Gasteiger partial charge in [0, 0.05) is 24.6 Å². The van der Waals surface area contributed by atoms with E-state index in [1.54, 1.807) is 13.2 Å². The van der Waals surface area contributed by atoms with Crippen LogP contribution in [0.2, 0.25) is 0 Å². The van der Waals surface area contributed by atoms with Crippen molar-refractivity contribution in [2.45, 2.75) is 45.6 Å². The number of fused-ring (bicyclic) bond motifs is 1. The smallest absolute Gasteiger partial charge is 0.223 e. The highest BCUT2D eigenvalue weighted by Gasteiger charge is 2.25. The number of hydrogen-bond acceptors (Lipinski definition) is 4. The second-order valence-corrected chi connectivity index (χ2v) is 7.70. The van der Waals surface area contributed by atoms with E-state index in [0.29, 0.717) is 12.3 Å². The first-order valence-electron chi connectivity index (χ1n) is 10.4. The maximum Gasteiger partial charge on any atom is 0.223 e. The largest absolute Gasteiger partial charge is 0.508 e. The van der Waals surface area contributed by atoms with Gasteiger partial charge in [-0.3, -0.25) is 9.69 Å². The van der Waals surface area contributed by atoms with E-state index in [2.05, 4.69) is 17.1 Å². The molecular formula is C23H32N2O3. The normalized spacial score (nSPS) is 15.6. The van der Waals surface area contributed by atoms with Gasteiger partial charge in [-0.1, -0.05) is 31.9 Å². The van der Waals surface area contributed by atoms with Gasteiger partial charge in [0.2, 0.25) is 5.91 Å². The van der Waals surface area contributed by atoms with Crippen LogP contribution in [0.25, 0.3) is 10.8 Å². The number of carbonyl (C=O) groups excluding carboxylic acids is 1. The molecule has 0 unspecified atom stereocenters. The quantitative estimate of drug-likeness (QED) is 0.674. The van der Waals surface area contributed by atoms with Crippen LogP contribution >= 0.6 is 0 Å². The van der Waals surface area contributed by atoms with Gasteiger partial charge in [-0.05, 0) is 61.3 Å². The van der Waals surface area contributed by atoms with E-state index in [1.165, 1.54) is 6.42 Å². The van der Waals surface area contributed by atoms with Crippen LogP contribution in [0.5, 0.6) is 11.5 Å². The summed E-state index contributed by atoms with van der Waals surface area (Å²) in [6, 6.07) is 9.64. The lowest BCUT2D eigenvalue weighted by Gasteiger charge is -2.31. The zero-order valence-electron chi connectivity index (χ0n) is 17.0. The minimum absolute atomic E-state index is 0.110. The number of rotatable bonds is 8. The maximum absolute atomic E-state index is 12.3. The summed E-state index contributed by atoms with van der Waals surface area (Å²) in [6.07, 6.45) is 5.13. The van der Waals surface area contributed by atoms with Gasteiger partial charge in [-0.2, -0.15) is 0 Å². The third kappa shape index (κ3) is 4.96. The van der Waals surface area contributed by atoms with Crippen LogP contribution in [0.3, 0.4) is 0 Å². The minimum atomic E-state index is 0.110. The van der Waals surface area contributed by atoms with Crippen LogP contribution in [-0.2, 0) is 11.3 Å². The Bertz CT molecular complexity index is 798. The lowest BCUT2D eigenvalue weighted by molar-refractivity contribution is -0.126. The summed E-state index contributed by atoms with van der Waals surface area (Å²) >= 11 is 0. The Morgan fingerprint density at radius 2 is 1.96 bits per heavy atom. The highest BCUT2D eigenvalue weighted by atomic mass is 16.5. The number of nitrogens with zero attached hydrogens (tertiary/aromatic N) is 1. The SMILES string of the molecule is CCCCCNC(=O)C1CCN(Cc2c(O)ccc3ccc(OC)cc23)CC1. The third-order valence-corrected chi connectivity index (χ3v) is 5.74. The molecule has 0 spiro atoms. The van der Waals surface area contributed by atoms with E-state index in [0.717, 1.165) is 67.4 Å². The fourth-order valence-electron chi connectivity index (χ4n) is 3.95. The number of unbranched alkanes of at least 4 members (excludes halogenated alkanes) is 2. The lowest BCUT2D eigenvalue weighted by atomic mass is 9.95. The zero-order valence-corrected chi connectivity index (χ0v) is 17.0. The number of hydrogen-bond donors (Lipinski definition) is 2. The molecule has 0 aromatic heterocycles. The van der Waals surface area contributed by atoms with E-state index >= 15 is 0 Å². The molecule has 1 amide bonds. The molecule has 2 N–H and O–H groups in total. The van der Waals surface area contributed by atoms with Gasteiger partial charge in [0.1, 0.15) is 11.5 Å². The number of amides is 1. The fraction of sp³-hybridized carbons (Fsp3) is 0.522. The van der Waals surface area contributed by atoms with Crippen molar-refractivity contribution in [3.8, 4) is 11.5 Å². The van der Waals surface area contributed by atoms with Gasteiger partial charge in [-0.15, -0.1) is 0 Å². The second-order valence-electron chi connectivity index (χ2n) is 7.70.